The zero-order valence-corrected chi connectivity index (χ0v) is 15.1. The summed E-state index contributed by atoms with van der Waals surface area (Å²) in [6.45, 7) is 20.5. The van der Waals surface area contributed by atoms with E-state index in [1.54, 1.807) is 0 Å². The zero-order valence-electron chi connectivity index (χ0n) is 14.3. The highest BCUT2D eigenvalue weighted by Gasteiger charge is 2.41. The van der Waals surface area contributed by atoms with E-state index in [1.807, 2.05) is 0 Å². The summed E-state index contributed by atoms with van der Waals surface area (Å²) in [5, 5.41) is 0.816. The Morgan fingerprint density at radius 1 is 0.842 bits per heavy atom. The van der Waals surface area contributed by atoms with Crippen molar-refractivity contribution in [1.82, 2.24) is 4.90 Å². The molecular formula is C17H35NS. The molecule has 0 aromatic rings. The van der Waals surface area contributed by atoms with E-state index in [2.05, 4.69) is 72.1 Å². The van der Waals surface area contributed by atoms with E-state index in [0.717, 1.165) is 35.0 Å². The first-order chi connectivity index (χ1) is 8.77. The third kappa shape index (κ3) is 4.14. The van der Waals surface area contributed by atoms with Crippen LogP contribution in [0.2, 0.25) is 0 Å². The fourth-order valence-corrected chi connectivity index (χ4v) is 5.48. The molecule has 1 aliphatic heterocycles. The number of thioether (sulfide) groups is 1. The molecule has 114 valence electrons. The van der Waals surface area contributed by atoms with Crippen molar-refractivity contribution in [2.24, 2.45) is 23.7 Å². The van der Waals surface area contributed by atoms with Crippen molar-refractivity contribution >= 4 is 11.8 Å². The van der Waals surface area contributed by atoms with Crippen LogP contribution in [-0.4, -0.2) is 34.5 Å². The molecule has 0 bridgehead atoms. The van der Waals surface area contributed by atoms with Crippen LogP contribution in [0.5, 0.6) is 0 Å². The minimum absolute atomic E-state index is 0.667. The van der Waals surface area contributed by atoms with Gasteiger partial charge in [0.05, 0.1) is 0 Å². The van der Waals surface area contributed by atoms with Crippen LogP contribution >= 0.6 is 11.8 Å². The molecule has 1 aliphatic rings. The van der Waals surface area contributed by atoms with E-state index in [-0.39, 0.29) is 0 Å². The number of rotatable bonds is 4. The largest absolute Gasteiger partial charge is 0.297 e. The van der Waals surface area contributed by atoms with E-state index in [1.165, 1.54) is 12.3 Å². The van der Waals surface area contributed by atoms with Gasteiger partial charge in [-0.1, -0.05) is 41.5 Å². The van der Waals surface area contributed by atoms with Gasteiger partial charge in [-0.2, -0.15) is 11.8 Å². The molecule has 0 spiro atoms. The van der Waals surface area contributed by atoms with Crippen molar-refractivity contribution in [1.29, 1.82) is 0 Å². The Hall–Kier alpha value is 0.310. The average molecular weight is 286 g/mol. The third-order valence-electron chi connectivity index (χ3n) is 4.59. The maximum atomic E-state index is 2.78. The van der Waals surface area contributed by atoms with Crippen LogP contribution in [0.3, 0.4) is 0 Å². The first-order valence-electron chi connectivity index (χ1n) is 8.14. The van der Waals surface area contributed by atoms with Crippen LogP contribution in [-0.2, 0) is 0 Å². The van der Waals surface area contributed by atoms with Gasteiger partial charge >= 0.3 is 0 Å². The molecule has 3 atom stereocenters. The summed E-state index contributed by atoms with van der Waals surface area (Å²) in [5.74, 6) is 4.41. The molecule has 1 saturated heterocycles. The van der Waals surface area contributed by atoms with Crippen molar-refractivity contribution < 1.29 is 0 Å². The number of hydrogen-bond acceptors (Lipinski definition) is 2. The summed E-state index contributed by atoms with van der Waals surface area (Å²) >= 11 is 2.23. The lowest BCUT2D eigenvalue weighted by atomic mass is 9.76. The van der Waals surface area contributed by atoms with Crippen molar-refractivity contribution in [2.75, 3.05) is 12.3 Å². The van der Waals surface area contributed by atoms with Crippen LogP contribution in [0.4, 0.5) is 0 Å². The average Bonchev–Trinajstić information content (AvgIpc) is 2.47. The van der Waals surface area contributed by atoms with Gasteiger partial charge in [0.2, 0.25) is 0 Å². The Bertz CT molecular complexity index is 234. The molecule has 0 N–H and O–H groups in total. The topological polar surface area (TPSA) is 3.24 Å². The molecule has 1 nitrogen and oxygen atoms in total. The maximum Gasteiger partial charge on any atom is 0.0163 e. The molecule has 0 aromatic carbocycles. The lowest BCUT2D eigenvalue weighted by Crippen LogP contribution is -2.51. The second kappa shape index (κ2) is 7.36. The van der Waals surface area contributed by atoms with E-state index in [9.17, 15) is 0 Å². The summed E-state index contributed by atoms with van der Waals surface area (Å²) in [6.07, 6.45) is 0. The molecule has 2 heteroatoms. The fourth-order valence-electron chi connectivity index (χ4n) is 3.81. The predicted octanol–water partition coefficient (Wildman–Crippen LogP) is 4.77. The Morgan fingerprint density at radius 2 is 1.42 bits per heavy atom. The lowest BCUT2D eigenvalue weighted by molar-refractivity contribution is 0.0567. The van der Waals surface area contributed by atoms with Gasteiger partial charge in [0, 0.05) is 29.6 Å². The van der Waals surface area contributed by atoms with Gasteiger partial charge in [-0.15, -0.1) is 0 Å². The van der Waals surface area contributed by atoms with Crippen LogP contribution in [0, 0.1) is 23.7 Å². The van der Waals surface area contributed by atoms with E-state index in [0.29, 0.717) is 6.04 Å². The van der Waals surface area contributed by atoms with E-state index >= 15 is 0 Å². The molecule has 3 unspecified atom stereocenters. The first kappa shape index (κ1) is 17.4. The van der Waals surface area contributed by atoms with Crippen molar-refractivity contribution in [3.05, 3.63) is 0 Å². The number of nitrogens with zero attached hydrogens (tertiary/aromatic N) is 1. The smallest absolute Gasteiger partial charge is 0.0163 e. The molecule has 1 fully saturated rings. The van der Waals surface area contributed by atoms with Crippen LogP contribution in [0.25, 0.3) is 0 Å². The minimum Gasteiger partial charge on any atom is -0.297 e. The Kier molecular flexibility index (Phi) is 6.72. The lowest BCUT2D eigenvalue weighted by Gasteiger charge is -2.44. The second-order valence-corrected chi connectivity index (χ2v) is 8.75. The van der Waals surface area contributed by atoms with Gasteiger partial charge in [0.15, 0.2) is 0 Å². The molecule has 19 heavy (non-hydrogen) atoms. The Labute approximate surface area is 125 Å². The van der Waals surface area contributed by atoms with Crippen LogP contribution < -0.4 is 0 Å². The molecule has 0 radical (unpaired) electrons. The second-order valence-electron chi connectivity index (χ2n) is 7.47. The minimum atomic E-state index is 0.667. The highest BCUT2D eigenvalue weighted by molar-refractivity contribution is 7.99. The summed E-state index contributed by atoms with van der Waals surface area (Å²) in [4.78, 5) is 2.78. The van der Waals surface area contributed by atoms with E-state index in [4.69, 9.17) is 0 Å². The van der Waals surface area contributed by atoms with Crippen molar-refractivity contribution in [2.45, 2.75) is 72.7 Å². The Morgan fingerprint density at radius 3 is 1.79 bits per heavy atom. The van der Waals surface area contributed by atoms with E-state index < -0.39 is 0 Å². The normalized spacial score (nSPS) is 30.6. The summed E-state index contributed by atoms with van der Waals surface area (Å²) in [5.41, 5.74) is 0. The van der Waals surface area contributed by atoms with Gasteiger partial charge < -0.3 is 0 Å². The van der Waals surface area contributed by atoms with Gasteiger partial charge in [-0.05, 0) is 37.5 Å². The fraction of sp³-hybridized carbons (Fsp3) is 1.00. The van der Waals surface area contributed by atoms with Crippen molar-refractivity contribution in [3.63, 3.8) is 0 Å². The van der Waals surface area contributed by atoms with Crippen LogP contribution in [0.15, 0.2) is 0 Å². The summed E-state index contributed by atoms with van der Waals surface area (Å²) < 4.78 is 0. The van der Waals surface area contributed by atoms with Gasteiger partial charge in [0.25, 0.3) is 0 Å². The van der Waals surface area contributed by atoms with Crippen LogP contribution in [0.1, 0.15) is 55.4 Å². The zero-order chi connectivity index (χ0) is 14.7. The standard InChI is InChI=1S/C17H35NS/c1-11(2)15-16(12(3)4)18(14(7)8)9-10-19-17(15)13(5)6/h11-17H,9-10H2,1-8H3. The van der Waals surface area contributed by atoms with Crippen molar-refractivity contribution in [3.8, 4) is 0 Å². The maximum absolute atomic E-state index is 2.78. The SMILES string of the molecule is CC(C)C1SCCN(C(C)C)C(C(C)C)C1C(C)C. The highest BCUT2D eigenvalue weighted by atomic mass is 32.2. The monoisotopic (exact) mass is 285 g/mol. The number of hydrogen-bond donors (Lipinski definition) is 0. The quantitative estimate of drug-likeness (QED) is 0.732. The molecule has 0 aromatic heterocycles. The summed E-state index contributed by atoms with van der Waals surface area (Å²) in [7, 11) is 0. The Balaban J connectivity index is 3.12. The molecular weight excluding hydrogens is 250 g/mol. The van der Waals surface area contributed by atoms with Gasteiger partial charge in [0.1, 0.15) is 0 Å². The molecule has 1 heterocycles. The third-order valence-corrected chi connectivity index (χ3v) is 6.25. The molecule has 0 aliphatic carbocycles. The molecule has 0 amide bonds. The molecule has 0 saturated carbocycles. The summed E-state index contributed by atoms with van der Waals surface area (Å²) in [6, 6.07) is 1.41. The molecule has 1 rings (SSSR count). The highest BCUT2D eigenvalue weighted by Crippen LogP contribution is 2.41. The van der Waals surface area contributed by atoms with Gasteiger partial charge in [-0.25, -0.2) is 0 Å². The predicted molar refractivity (Wildman–Crippen MR) is 89.9 cm³/mol. The van der Waals surface area contributed by atoms with Gasteiger partial charge in [-0.3, -0.25) is 4.90 Å². The first-order valence-corrected chi connectivity index (χ1v) is 9.19.